The third kappa shape index (κ3) is 4.79. The van der Waals surface area contributed by atoms with E-state index in [0.717, 1.165) is 5.56 Å². The Kier molecular flexibility index (Phi) is 5.71. The van der Waals surface area contributed by atoms with E-state index in [-0.39, 0.29) is 24.8 Å². The second-order valence-electron chi connectivity index (χ2n) is 5.22. The number of hydrogen-bond acceptors (Lipinski definition) is 4. The Hall–Kier alpha value is -2.40. The van der Waals surface area contributed by atoms with Gasteiger partial charge in [-0.2, -0.15) is 0 Å². The summed E-state index contributed by atoms with van der Waals surface area (Å²) in [7, 11) is 1.35. The summed E-state index contributed by atoms with van der Waals surface area (Å²) in [6.07, 6.45) is -0.640. The van der Waals surface area contributed by atoms with Crippen LogP contribution < -0.4 is 4.74 Å². The smallest absolute Gasteiger partial charge is 0.309 e. The molecule has 1 atom stereocenters. The van der Waals surface area contributed by atoms with Crippen LogP contribution in [0.15, 0.2) is 42.5 Å². The summed E-state index contributed by atoms with van der Waals surface area (Å²) in [5.41, 5.74) is 2.13. The van der Waals surface area contributed by atoms with Gasteiger partial charge >= 0.3 is 5.97 Å². The number of halogens is 1. The monoisotopic (exact) mass is 318 g/mol. The van der Waals surface area contributed by atoms with Gasteiger partial charge in [-0.3, -0.25) is 4.79 Å². The summed E-state index contributed by atoms with van der Waals surface area (Å²) in [6, 6.07) is 11.2. The Balaban J connectivity index is 1.93. The zero-order valence-electron chi connectivity index (χ0n) is 13.1. The molecule has 122 valence electrons. The van der Waals surface area contributed by atoms with Crippen molar-refractivity contribution in [2.75, 3.05) is 13.7 Å². The zero-order chi connectivity index (χ0) is 16.8. The molecule has 0 aromatic heterocycles. The van der Waals surface area contributed by atoms with E-state index in [1.807, 2.05) is 0 Å². The van der Waals surface area contributed by atoms with Gasteiger partial charge < -0.3 is 14.6 Å². The van der Waals surface area contributed by atoms with Crippen molar-refractivity contribution in [3.63, 3.8) is 0 Å². The van der Waals surface area contributed by atoms with Crippen LogP contribution in [0, 0.1) is 12.7 Å². The number of carbonyl (C=O) groups excluding carboxylic acids is 1. The Morgan fingerprint density at radius 2 is 1.91 bits per heavy atom. The van der Waals surface area contributed by atoms with Gasteiger partial charge in [-0.05, 0) is 47.9 Å². The van der Waals surface area contributed by atoms with Gasteiger partial charge in [0.1, 0.15) is 24.3 Å². The molecule has 0 bridgehead atoms. The summed E-state index contributed by atoms with van der Waals surface area (Å²) in [6.45, 7) is 1.80. The average Bonchev–Trinajstić information content (AvgIpc) is 2.53. The van der Waals surface area contributed by atoms with Gasteiger partial charge in [0.25, 0.3) is 0 Å². The van der Waals surface area contributed by atoms with Crippen molar-refractivity contribution in [3.05, 3.63) is 65.0 Å². The molecule has 0 heterocycles. The average molecular weight is 318 g/mol. The van der Waals surface area contributed by atoms with Crippen LogP contribution in [0.5, 0.6) is 5.75 Å². The van der Waals surface area contributed by atoms with Crippen LogP contribution in [0.25, 0.3) is 0 Å². The number of hydrogen-bond donors (Lipinski definition) is 1. The Bertz CT molecular complexity index is 667. The fourth-order valence-corrected chi connectivity index (χ4v) is 2.22. The lowest BCUT2D eigenvalue weighted by Crippen LogP contribution is -2.11. The van der Waals surface area contributed by atoms with E-state index in [1.165, 1.54) is 19.2 Å². The van der Waals surface area contributed by atoms with Gasteiger partial charge in [0.15, 0.2) is 0 Å². The third-order valence-corrected chi connectivity index (χ3v) is 3.50. The molecule has 4 nitrogen and oxygen atoms in total. The van der Waals surface area contributed by atoms with E-state index in [9.17, 15) is 14.3 Å². The Labute approximate surface area is 134 Å². The molecule has 2 rings (SSSR count). The highest BCUT2D eigenvalue weighted by atomic mass is 19.1. The molecule has 23 heavy (non-hydrogen) atoms. The van der Waals surface area contributed by atoms with Crippen LogP contribution in [-0.2, 0) is 16.0 Å². The predicted molar refractivity (Wildman–Crippen MR) is 83.8 cm³/mol. The van der Waals surface area contributed by atoms with E-state index in [1.54, 1.807) is 37.3 Å². The molecule has 0 spiro atoms. The fourth-order valence-electron chi connectivity index (χ4n) is 2.22. The largest absolute Gasteiger partial charge is 0.491 e. The topological polar surface area (TPSA) is 55.8 Å². The predicted octanol–water partition coefficient (Wildman–Crippen LogP) is 2.96. The van der Waals surface area contributed by atoms with Crippen LogP contribution in [0.3, 0.4) is 0 Å². The molecule has 1 unspecified atom stereocenters. The fraction of sp³-hybridized carbons (Fsp3) is 0.278. The molecule has 0 radical (unpaired) electrons. The van der Waals surface area contributed by atoms with Crippen molar-refractivity contribution in [2.45, 2.75) is 19.4 Å². The first kappa shape index (κ1) is 17.0. The summed E-state index contributed by atoms with van der Waals surface area (Å²) in [5.74, 6) is -0.0566. The highest BCUT2D eigenvalue weighted by molar-refractivity contribution is 5.72. The number of aliphatic hydroxyl groups excluding tert-OH is 1. The maximum absolute atomic E-state index is 13.1. The van der Waals surface area contributed by atoms with Crippen LogP contribution in [0.4, 0.5) is 4.39 Å². The molecular formula is C18H19FO4. The van der Waals surface area contributed by atoms with Gasteiger partial charge in [-0.15, -0.1) is 0 Å². The standard InChI is InChI=1S/C18H19FO4/c1-12-9-14(19)5-8-16(12)17(20)11-23-15-6-3-13(4-7-15)10-18(21)22-2/h3-9,17,20H,10-11H2,1-2H3. The molecular weight excluding hydrogens is 299 g/mol. The summed E-state index contributed by atoms with van der Waals surface area (Å²) in [5, 5.41) is 10.2. The van der Waals surface area contributed by atoms with E-state index in [2.05, 4.69) is 4.74 Å². The molecule has 0 fully saturated rings. The minimum atomic E-state index is -0.842. The molecule has 2 aromatic carbocycles. The molecule has 0 aliphatic rings. The SMILES string of the molecule is COC(=O)Cc1ccc(OCC(O)c2ccc(F)cc2C)cc1. The number of aryl methyl sites for hydroxylation is 1. The van der Waals surface area contributed by atoms with Gasteiger partial charge in [0, 0.05) is 0 Å². The number of ether oxygens (including phenoxy) is 2. The first-order valence-corrected chi connectivity index (χ1v) is 7.22. The van der Waals surface area contributed by atoms with Crippen LogP contribution in [-0.4, -0.2) is 24.8 Å². The normalized spacial score (nSPS) is 11.8. The Morgan fingerprint density at radius 1 is 1.22 bits per heavy atom. The maximum atomic E-state index is 13.1. The molecule has 0 aliphatic heterocycles. The number of rotatable bonds is 6. The first-order valence-electron chi connectivity index (χ1n) is 7.22. The lowest BCUT2D eigenvalue weighted by molar-refractivity contribution is -0.139. The van der Waals surface area contributed by atoms with Gasteiger partial charge in [0.2, 0.25) is 0 Å². The molecule has 1 N–H and O–H groups in total. The molecule has 0 saturated heterocycles. The van der Waals surface area contributed by atoms with Crippen LogP contribution in [0.1, 0.15) is 22.8 Å². The van der Waals surface area contributed by atoms with Gasteiger partial charge in [-0.1, -0.05) is 18.2 Å². The van der Waals surface area contributed by atoms with Crippen LogP contribution in [0.2, 0.25) is 0 Å². The molecule has 0 aliphatic carbocycles. The van der Waals surface area contributed by atoms with Crippen molar-refractivity contribution < 1.29 is 23.8 Å². The number of aliphatic hydroxyl groups is 1. The summed E-state index contributed by atoms with van der Waals surface area (Å²) < 4.78 is 23.2. The number of esters is 1. The molecule has 0 amide bonds. The number of carbonyl (C=O) groups is 1. The lowest BCUT2D eigenvalue weighted by atomic mass is 10.0. The van der Waals surface area contributed by atoms with E-state index in [4.69, 9.17) is 4.74 Å². The van der Waals surface area contributed by atoms with E-state index >= 15 is 0 Å². The third-order valence-electron chi connectivity index (χ3n) is 3.50. The summed E-state index contributed by atoms with van der Waals surface area (Å²) >= 11 is 0. The van der Waals surface area contributed by atoms with Crippen molar-refractivity contribution in [1.82, 2.24) is 0 Å². The second kappa shape index (κ2) is 7.74. The van der Waals surface area contributed by atoms with E-state index < -0.39 is 6.10 Å². The number of methoxy groups -OCH3 is 1. The molecule has 5 heteroatoms. The summed E-state index contributed by atoms with van der Waals surface area (Å²) in [4.78, 5) is 11.2. The minimum Gasteiger partial charge on any atom is -0.491 e. The Morgan fingerprint density at radius 3 is 2.52 bits per heavy atom. The molecule has 2 aromatic rings. The minimum absolute atomic E-state index is 0.0584. The highest BCUT2D eigenvalue weighted by Crippen LogP contribution is 2.21. The zero-order valence-corrected chi connectivity index (χ0v) is 13.1. The first-order chi connectivity index (χ1) is 11.0. The van der Waals surface area contributed by atoms with Crippen molar-refractivity contribution in [3.8, 4) is 5.75 Å². The van der Waals surface area contributed by atoms with Gasteiger partial charge in [-0.25, -0.2) is 4.39 Å². The van der Waals surface area contributed by atoms with E-state index in [0.29, 0.717) is 16.9 Å². The maximum Gasteiger partial charge on any atom is 0.309 e. The van der Waals surface area contributed by atoms with Crippen LogP contribution >= 0.6 is 0 Å². The lowest BCUT2D eigenvalue weighted by Gasteiger charge is -2.15. The molecule has 0 saturated carbocycles. The quantitative estimate of drug-likeness (QED) is 0.832. The highest BCUT2D eigenvalue weighted by Gasteiger charge is 2.12. The van der Waals surface area contributed by atoms with Gasteiger partial charge in [0.05, 0.1) is 13.5 Å². The van der Waals surface area contributed by atoms with Crippen molar-refractivity contribution >= 4 is 5.97 Å². The van der Waals surface area contributed by atoms with Crippen molar-refractivity contribution in [1.29, 1.82) is 0 Å². The second-order valence-corrected chi connectivity index (χ2v) is 5.22. The number of benzene rings is 2. The van der Waals surface area contributed by atoms with Crippen molar-refractivity contribution in [2.24, 2.45) is 0 Å².